The molecule has 0 amide bonds. The molecule has 0 saturated carbocycles. The summed E-state index contributed by atoms with van der Waals surface area (Å²) in [6, 6.07) is 12.4. The van der Waals surface area contributed by atoms with Gasteiger partial charge < -0.3 is 9.47 Å². The molecule has 0 spiro atoms. The predicted octanol–water partition coefficient (Wildman–Crippen LogP) is 5.51. The maximum Gasteiger partial charge on any atom is 0.343 e. The average molecular weight is 390 g/mol. The number of thiophene rings is 1. The van der Waals surface area contributed by atoms with E-state index in [0.29, 0.717) is 28.2 Å². The number of rotatable bonds is 3. The van der Waals surface area contributed by atoms with E-state index < -0.39 is 5.97 Å². The van der Waals surface area contributed by atoms with Crippen molar-refractivity contribution in [2.75, 3.05) is 0 Å². The maximum atomic E-state index is 12.7. The molecule has 1 aliphatic heterocycles. The summed E-state index contributed by atoms with van der Waals surface area (Å²) in [5.74, 6) is 0.441. The number of carbonyl (C=O) groups excluding carboxylic acids is 2. The molecule has 2 heterocycles. The summed E-state index contributed by atoms with van der Waals surface area (Å²) in [5.41, 5.74) is 3.84. The first kappa shape index (κ1) is 18.2. The molecular formula is C23H18O4S. The third-order valence-corrected chi connectivity index (χ3v) is 5.57. The lowest BCUT2D eigenvalue weighted by Gasteiger charge is -2.08. The number of ether oxygens (including phenoxy) is 2. The van der Waals surface area contributed by atoms with Crippen LogP contribution in [0.4, 0.5) is 0 Å². The van der Waals surface area contributed by atoms with Gasteiger partial charge in [0.25, 0.3) is 0 Å². The minimum Gasteiger partial charge on any atom is -0.452 e. The van der Waals surface area contributed by atoms with Gasteiger partial charge in [0.1, 0.15) is 11.5 Å². The standard InChI is InChI=1S/C23H18O4S/c1-13-4-6-16(7-5-13)23(25)26-17-10-15(3)21-18(11-17)27-19(22(21)24)12-20-14(2)8-9-28-20/h4-12H,1-3H3/b19-12-. The van der Waals surface area contributed by atoms with E-state index in [2.05, 4.69) is 0 Å². The number of carbonyl (C=O) groups is 2. The number of hydrogen-bond donors (Lipinski definition) is 0. The molecule has 0 atom stereocenters. The molecule has 0 fully saturated rings. The van der Waals surface area contributed by atoms with Crippen molar-refractivity contribution in [3.05, 3.63) is 86.3 Å². The van der Waals surface area contributed by atoms with Gasteiger partial charge in [-0.15, -0.1) is 11.3 Å². The number of aryl methyl sites for hydroxylation is 3. The van der Waals surface area contributed by atoms with Crippen LogP contribution in [0.3, 0.4) is 0 Å². The van der Waals surface area contributed by atoms with Crippen LogP contribution in [-0.2, 0) is 0 Å². The monoisotopic (exact) mass is 390 g/mol. The molecule has 28 heavy (non-hydrogen) atoms. The Bertz CT molecular complexity index is 1120. The van der Waals surface area contributed by atoms with Gasteiger partial charge in [-0.3, -0.25) is 4.79 Å². The van der Waals surface area contributed by atoms with Crippen molar-refractivity contribution in [1.29, 1.82) is 0 Å². The Balaban J connectivity index is 1.61. The zero-order chi connectivity index (χ0) is 19.8. The molecule has 3 aromatic rings. The average Bonchev–Trinajstić information content (AvgIpc) is 3.19. The Hall–Kier alpha value is -3.18. The lowest BCUT2D eigenvalue weighted by molar-refractivity contribution is 0.0734. The van der Waals surface area contributed by atoms with Gasteiger partial charge in [0, 0.05) is 17.0 Å². The van der Waals surface area contributed by atoms with Gasteiger partial charge in [-0.25, -0.2) is 4.79 Å². The topological polar surface area (TPSA) is 52.6 Å². The Morgan fingerprint density at radius 1 is 1.04 bits per heavy atom. The Labute approximate surface area is 167 Å². The number of Topliss-reactive ketones (excluding diaryl/α,β-unsaturated/α-hetero) is 1. The molecule has 140 valence electrons. The molecule has 4 nitrogen and oxygen atoms in total. The van der Waals surface area contributed by atoms with E-state index in [4.69, 9.17) is 9.47 Å². The minimum atomic E-state index is -0.450. The molecule has 4 rings (SSSR count). The zero-order valence-corrected chi connectivity index (χ0v) is 16.6. The van der Waals surface area contributed by atoms with Crippen LogP contribution in [0.15, 0.2) is 53.6 Å². The van der Waals surface area contributed by atoms with Crippen molar-refractivity contribution in [3.63, 3.8) is 0 Å². The Morgan fingerprint density at radius 3 is 2.46 bits per heavy atom. The van der Waals surface area contributed by atoms with Gasteiger partial charge in [0.05, 0.1) is 11.1 Å². The zero-order valence-electron chi connectivity index (χ0n) is 15.7. The van der Waals surface area contributed by atoms with Gasteiger partial charge in [-0.05, 0) is 61.5 Å². The number of hydrogen-bond acceptors (Lipinski definition) is 5. The van der Waals surface area contributed by atoms with Crippen molar-refractivity contribution in [2.45, 2.75) is 20.8 Å². The molecule has 1 aromatic heterocycles. The summed E-state index contributed by atoms with van der Waals surface area (Å²) in [7, 11) is 0. The highest BCUT2D eigenvalue weighted by Crippen LogP contribution is 2.38. The first-order valence-corrected chi connectivity index (χ1v) is 9.72. The van der Waals surface area contributed by atoms with Crippen LogP contribution in [0.5, 0.6) is 11.5 Å². The predicted molar refractivity (Wildman–Crippen MR) is 109 cm³/mol. The highest BCUT2D eigenvalue weighted by molar-refractivity contribution is 7.11. The van der Waals surface area contributed by atoms with Crippen molar-refractivity contribution < 1.29 is 19.1 Å². The lowest BCUT2D eigenvalue weighted by Crippen LogP contribution is -2.08. The fraction of sp³-hybridized carbons (Fsp3) is 0.130. The van der Waals surface area contributed by atoms with E-state index in [9.17, 15) is 9.59 Å². The van der Waals surface area contributed by atoms with E-state index >= 15 is 0 Å². The molecule has 0 bridgehead atoms. The van der Waals surface area contributed by atoms with Crippen LogP contribution in [0.2, 0.25) is 0 Å². The Morgan fingerprint density at radius 2 is 1.79 bits per heavy atom. The summed E-state index contributed by atoms with van der Waals surface area (Å²) >= 11 is 1.55. The molecule has 0 saturated heterocycles. The van der Waals surface area contributed by atoms with E-state index in [-0.39, 0.29) is 11.5 Å². The summed E-state index contributed by atoms with van der Waals surface area (Å²) in [6.07, 6.45) is 1.76. The number of fused-ring (bicyclic) bond motifs is 1. The summed E-state index contributed by atoms with van der Waals surface area (Å²) in [6.45, 7) is 5.75. The third-order valence-electron chi connectivity index (χ3n) is 4.61. The van der Waals surface area contributed by atoms with Gasteiger partial charge in [-0.1, -0.05) is 17.7 Å². The summed E-state index contributed by atoms with van der Waals surface area (Å²) in [5, 5.41) is 1.97. The van der Waals surface area contributed by atoms with Crippen molar-refractivity contribution in [3.8, 4) is 11.5 Å². The van der Waals surface area contributed by atoms with Crippen LogP contribution in [0.1, 0.15) is 42.3 Å². The largest absolute Gasteiger partial charge is 0.452 e. The van der Waals surface area contributed by atoms with Crippen molar-refractivity contribution >= 4 is 29.2 Å². The molecule has 2 aromatic carbocycles. The fourth-order valence-corrected chi connectivity index (χ4v) is 3.89. The van der Waals surface area contributed by atoms with E-state index in [1.54, 1.807) is 41.7 Å². The number of ketones is 1. The van der Waals surface area contributed by atoms with E-state index in [1.807, 2.05) is 44.4 Å². The first-order chi connectivity index (χ1) is 13.4. The van der Waals surface area contributed by atoms with Gasteiger partial charge >= 0.3 is 5.97 Å². The van der Waals surface area contributed by atoms with Gasteiger partial charge in [0.15, 0.2) is 5.76 Å². The highest BCUT2D eigenvalue weighted by Gasteiger charge is 2.30. The molecule has 0 radical (unpaired) electrons. The second-order valence-corrected chi connectivity index (χ2v) is 7.72. The fourth-order valence-electron chi connectivity index (χ4n) is 3.04. The van der Waals surface area contributed by atoms with E-state index in [0.717, 1.165) is 16.0 Å². The van der Waals surface area contributed by atoms with Crippen molar-refractivity contribution in [2.24, 2.45) is 0 Å². The van der Waals surface area contributed by atoms with Gasteiger partial charge in [-0.2, -0.15) is 0 Å². The summed E-state index contributed by atoms with van der Waals surface area (Å²) < 4.78 is 11.3. The number of benzene rings is 2. The lowest BCUT2D eigenvalue weighted by atomic mass is 10.0. The van der Waals surface area contributed by atoms with Crippen molar-refractivity contribution in [1.82, 2.24) is 0 Å². The molecule has 0 aliphatic carbocycles. The Kier molecular flexibility index (Phi) is 4.61. The smallest absolute Gasteiger partial charge is 0.343 e. The SMILES string of the molecule is Cc1ccc(C(=O)Oc2cc(C)c3c(c2)O/C(=C\c2sccc2C)C3=O)cc1. The number of esters is 1. The third kappa shape index (κ3) is 3.37. The van der Waals surface area contributed by atoms with Crippen LogP contribution >= 0.6 is 11.3 Å². The maximum absolute atomic E-state index is 12.7. The second kappa shape index (κ2) is 7.09. The molecular weight excluding hydrogens is 372 g/mol. The van der Waals surface area contributed by atoms with E-state index in [1.165, 1.54) is 0 Å². The van der Waals surface area contributed by atoms with Gasteiger partial charge in [0.2, 0.25) is 5.78 Å². The quantitative estimate of drug-likeness (QED) is 0.336. The number of allylic oxidation sites excluding steroid dienone is 1. The van der Waals surface area contributed by atoms with Crippen LogP contribution in [-0.4, -0.2) is 11.8 Å². The molecule has 0 unspecified atom stereocenters. The first-order valence-electron chi connectivity index (χ1n) is 8.84. The van der Waals surface area contributed by atoms with Crippen LogP contribution < -0.4 is 9.47 Å². The second-order valence-electron chi connectivity index (χ2n) is 6.78. The highest BCUT2D eigenvalue weighted by atomic mass is 32.1. The molecule has 1 aliphatic rings. The molecule has 0 N–H and O–H groups in total. The van der Waals surface area contributed by atoms with Crippen LogP contribution in [0.25, 0.3) is 6.08 Å². The molecule has 5 heteroatoms. The summed E-state index contributed by atoms with van der Waals surface area (Å²) in [4.78, 5) is 26.1. The van der Waals surface area contributed by atoms with Crippen LogP contribution in [0, 0.1) is 20.8 Å². The normalized spacial score (nSPS) is 14.1. The minimum absolute atomic E-state index is 0.156.